The molecule has 0 aromatic carbocycles. The van der Waals surface area contributed by atoms with Crippen molar-refractivity contribution in [2.45, 2.75) is 26.3 Å². The highest BCUT2D eigenvalue weighted by Gasteiger charge is 1.98. The van der Waals surface area contributed by atoms with E-state index in [1.807, 2.05) is 6.20 Å². The predicted molar refractivity (Wildman–Crippen MR) is 56.9 cm³/mol. The second-order valence-corrected chi connectivity index (χ2v) is 4.09. The van der Waals surface area contributed by atoms with Gasteiger partial charge in [-0.1, -0.05) is 6.92 Å². The Bertz CT molecular complexity index is 235. The number of aromatic nitrogens is 1. The van der Waals surface area contributed by atoms with Crippen LogP contribution in [0.1, 0.15) is 23.2 Å². The normalized spacial score (nSPS) is 10.6. The first kappa shape index (κ1) is 10.6. The van der Waals surface area contributed by atoms with Crippen LogP contribution in [0.15, 0.2) is 6.20 Å². The molecule has 0 amide bonds. The molecule has 0 fully saturated rings. The van der Waals surface area contributed by atoms with Crippen LogP contribution in [-0.4, -0.2) is 18.1 Å². The van der Waals surface area contributed by atoms with E-state index in [1.54, 1.807) is 11.3 Å². The highest BCUT2D eigenvalue weighted by molar-refractivity contribution is 7.11. The average Bonchev–Trinajstić information content (AvgIpc) is 2.60. The molecule has 0 unspecified atom stereocenters. The van der Waals surface area contributed by atoms with E-state index in [2.05, 4.69) is 17.2 Å². The Morgan fingerprint density at radius 2 is 2.46 bits per heavy atom. The van der Waals surface area contributed by atoms with Gasteiger partial charge in [-0.25, -0.2) is 4.98 Å². The van der Waals surface area contributed by atoms with Crippen LogP contribution in [-0.2, 0) is 13.0 Å². The van der Waals surface area contributed by atoms with Crippen molar-refractivity contribution in [3.05, 3.63) is 16.1 Å². The number of hydrogen-bond acceptors (Lipinski definition) is 4. The third kappa shape index (κ3) is 3.85. The first-order chi connectivity index (χ1) is 6.36. The lowest BCUT2D eigenvalue weighted by Crippen LogP contribution is -2.17. The van der Waals surface area contributed by atoms with Crippen molar-refractivity contribution in [3.8, 4) is 0 Å². The second-order valence-electron chi connectivity index (χ2n) is 2.89. The van der Waals surface area contributed by atoms with Crippen LogP contribution >= 0.6 is 11.3 Å². The first-order valence-electron chi connectivity index (χ1n) is 4.71. The summed E-state index contributed by atoms with van der Waals surface area (Å²) in [4.78, 5) is 5.60. The third-order valence-corrected chi connectivity index (χ3v) is 2.90. The zero-order valence-corrected chi connectivity index (χ0v) is 8.86. The quantitative estimate of drug-likeness (QED) is 0.676. The summed E-state index contributed by atoms with van der Waals surface area (Å²) < 4.78 is 0. The summed E-state index contributed by atoms with van der Waals surface area (Å²) in [6.45, 7) is 4.81. The molecule has 0 aliphatic carbocycles. The summed E-state index contributed by atoms with van der Waals surface area (Å²) in [6.07, 6.45) is 4.03. The van der Waals surface area contributed by atoms with Gasteiger partial charge in [0, 0.05) is 17.6 Å². The molecule has 0 saturated heterocycles. The molecule has 0 saturated carbocycles. The van der Waals surface area contributed by atoms with Gasteiger partial charge in [-0.3, -0.25) is 0 Å². The molecule has 0 aliphatic rings. The van der Waals surface area contributed by atoms with Crippen LogP contribution in [0.3, 0.4) is 0 Å². The lowest BCUT2D eigenvalue weighted by Gasteiger charge is -1.99. The molecule has 1 heterocycles. The summed E-state index contributed by atoms with van der Waals surface area (Å²) >= 11 is 1.79. The number of nitrogens with zero attached hydrogens (tertiary/aromatic N) is 1. The van der Waals surface area contributed by atoms with Gasteiger partial charge in [0.05, 0.1) is 5.01 Å². The number of aryl methyl sites for hydroxylation is 1. The summed E-state index contributed by atoms with van der Waals surface area (Å²) in [5, 5.41) is 4.55. The van der Waals surface area contributed by atoms with Crippen molar-refractivity contribution in [2.24, 2.45) is 5.73 Å². The van der Waals surface area contributed by atoms with Gasteiger partial charge in [-0.15, -0.1) is 11.3 Å². The van der Waals surface area contributed by atoms with Gasteiger partial charge in [0.1, 0.15) is 0 Å². The maximum atomic E-state index is 5.38. The second kappa shape index (κ2) is 6.07. The fraction of sp³-hybridized carbons (Fsp3) is 0.667. The molecule has 0 spiro atoms. The van der Waals surface area contributed by atoms with Gasteiger partial charge in [0.25, 0.3) is 0 Å². The SMILES string of the molecule is CCc1ncc(CNCCCN)s1. The van der Waals surface area contributed by atoms with Gasteiger partial charge in [-0.2, -0.15) is 0 Å². The molecule has 4 heteroatoms. The minimum atomic E-state index is 0.760. The molecule has 1 aromatic heterocycles. The molecule has 0 bridgehead atoms. The molecule has 0 aliphatic heterocycles. The van der Waals surface area contributed by atoms with E-state index >= 15 is 0 Å². The minimum absolute atomic E-state index is 0.760. The van der Waals surface area contributed by atoms with Gasteiger partial charge >= 0.3 is 0 Å². The molecule has 1 aromatic rings. The van der Waals surface area contributed by atoms with Crippen LogP contribution in [0.4, 0.5) is 0 Å². The van der Waals surface area contributed by atoms with E-state index in [0.29, 0.717) is 0 Å². The summed E-state index contributed by atoms with van der Waals surface area (Å²) in [7, 11) is 0. The fourth-order valence-electron chi connectivity index (χ4n) is 1.03. The van der Waals surface area contributed by atoms with Crippen molar-refractivity contribution in [1.82, 2.24) is 10.3 Å². The van der Waals surface area contributed by atoms with Crippen LogP contribution in [0.5, 0.6) is 0 Å². The Labute approximate surface area is 83.4 Å². The summed E-state index contributed by atoms with van der Waals surface area (Å²) in [5.41, 5.74) is 5.38. The van der Waals surface area contributed by atoms with E-state index in [-0.39, 0.29) is 0 Å². The van der Waals surface area contributed by atoms with Gasteiger partial charge in [-0.05, 0) is 25.9 Å². The van der Waals surface area contributed by atoms with Crippen molar-refractivity contribution in [3.63, 3.8) is 0 Å². The molecule has 3 nitrogen and oxygen atoms in total. The zero-order chi connectivity index (χ0) is 9.52. The van der Waals surface area contributed by atoms with E-state index < -0.39 is 0 Å². The largest absolute Gasteiger partial charge is 0.330 e. The predicted octanol–water partition coefficient (Wildman–Crippen LogP) is 1.14. The molecule has 13 heavy (non-hydrogen) atoms. The Morgan fingerprint density at radius 3 is 3.08 bits per heavy atom. The highest BCUT2D eigenvalue weighted by atomic mass is 32.1. The lowest BCUT2D eigenvalue weighted by atomic mass is 10.4. The van der Waals surface area contributed by atoms with Crippen molar-refractivity contribution >= 4 is 11.3 Å². The van der Waals surface area contributed by atoms with E-state index in [4.69, 9.17) is 5.73 Å². The lowest BCUT2D eigenvalue weighted by molar-refractivity contribution is 0.660. The molecule has 0 atom stereocenters. The summed E-state index contributed by atoms with van der Waals surface area (Å²) in [5.74, 6) is 0. The number of thiazole rings is 1. The third-order valence-electron chi connectivity index (χ3n) is 1.76. The molecule has 3 N–H and O–H groups in total. The molecular formula is C9H17N3S. The standard InChI is InChI=1S/C9H17N3S/c1-2-9-12-7-8(13-9)6-11-5-3-4-10/h7,11H,2-6,10H2,1H3. The fourth-order valence-corrected chi connectivity index (χ4v) is 1.86. The van der Waals surface area contributed by atoms with Gasteiger partial charge < -0.3 is 11.1 Å². The van der Waals surface area contributed by atoms with E-state index in [1.165, 1.54) is 9.88 Å². The average molecular weight is 199 g/mol. The number of hydrogen-bond donors (Lipinski definition) is 2. The van der Waals surface area contributed by atoms with Gasteiger partial charge in [0.2, 0.25) is 0 Å². The highest BCUT2D eigenvalue weighted by Crippen LogP contribution is 2.12. The molecule has 0 radical (unpaired) electrons. The molecule has 1 rings (SSSR count). The Balaban J connectivity index is 2.20. The Kier molecular flexibility index (Phi) is 4.97. The topological polar surface area (TPSA) is 50.9 Å². The number of nitrogens with two attached hydrogens (primary N) is 1. The summed E-state index contributed by atoms with van der Waals surface area (Å²) in [6, 6.07) is 0. The number of nitrogens with one attached hydrogen (secondary N) is 1. The van der Waals surface area contributed by atoms with Crippen molar-refractivity contribution < 1.29 is 0 Å². The minimum Gasteiger partial charge on any atom is -0.330 e. The van der Waals surface area contributed by atoms with Crippen molar-refractivity contribution in [2.75, 3.05) is 13.1 Å². The number of rotatable bonds is 6. The monoisotopic (exact) mass is 199 g/mol. The Morgan fingerprint density at radius 1 is 1.62 bits per heavy atom. The van der Waals surface area contributed by atoms with Crippen LogP contribution < -0.4 is 11.1 Å². The maximum Gasteiger partial charge on any atom is 0.0925 e. The van der Waals surface area contributed by atoms with Crippen LogP contribution in [0, 0.1) is 0 Å². The molecule has 74 valence electrons. The maximum absolute atomic E-state index is 5.38. The van der Waals surface area contributed by atoms with Crippen LogP contribution in [0.25, 0.3) is 0 Å². The van der Waals surface area contributed by atoms with Gasteiger partial charge in [0.15, 0.2) is 0 Å². The van der Waals surface area contributed by atoms with Crippen molar-refractivity contribution in [1.29, 1.82) is 0 Å². The molecular weight excluding hydrogens is 182 g/mol. The zero-order valence-electron chi connectivity index (χ0n) is 8.05. The smallest absolute Gasteiger partial charge is 0.0925 e. The first-order valence-corrected chi connectivity index (χ1v) is 5.52. The van der Waals surface area contributed by atoms with E-state index in [0.717, 1.165) is 32.5 Å². The van der Waals surface area contributed by atoms with E-state index in [9.17, 15) is 0 Å². The Hall–Kier alpha value is -0.450. The van der Waals surface area contributed by atoms with Crippen LogP contribution in [0.2, 0.25) is 0 Å².